The first-order valence-corrected chi connectivity index (χ1v) is 7.06. The molecule has 0 aliphatic heterocycles. The van der Waals surface area contributed by atoms with Crippen LogP contribution in [0, 0.1) is 5.92 Å². The minimum atomic E-state index is -1.14. The fraction of sp³-hybridized carbons (Fsp3) is 0.500. The fourth-order valence-electron chi connectivity index (χ4n) is 2.70. The van der Waals surface area contributed by atoms with E-state index in [9.17, 15) is 9.59 Å². The van der Waals surface area contributed by atoms with Crippen molar-refractivity contribution < 1.29 is 19.4 Å². The highest BCUT2D eigenvalue weighted by molar-refractivity contribution is 5.93. The van der Waals surface area contributed by atoms with Crippen LogP contribution in [0.1, 0.15) is 44.6 Å². The molecule has 0 radical (unpaired) electrons. The second-order valence-electron chi connectivity index (χ2n) is 5.40. The van der Waals surface area contributed by atoms with Crippen LogP contribution in [0.5, 0.6) is 0 Å². The number of hydrogen-bond acceptors (Lipinski definition) is 3. The Labute approximate surface area is 118 Å². The summed E-state index contributed by atoms with van der Waals surface area (Å²) >= 11 is 0. The summed E-state index contributed by atoms with van der Waals surface area (Å²) in [6.45, 7) is 1.37. The number of ether oxygens (including phenoxy) is 1. The zero-order valence-corrected chi connectivity index (χ0v) is 11.7. The number of benzene rings is 1. The van der Waals surface area contributed by atoms with Crippen LogP contribution in [-0.4, -0.2) is 17.0 Å². The minimum absolute atomic E-state index is 0.650. The van der Waals surface area contributed by atoms with Crippen molar-refractivity contribution in [1.29, 1.82) is 0 Å². The van der Waals surface area contributed by atoms with Crippen LogP contribution in [0.4, 0.5) is 0 Å². The predicted molar refractivity (Wildman–Crippen MR) is 74.1 cm³/mol. The van der Waals surface area contributed by atoms with Crippen molar-refractivity contribution in [3.8, 4) is 0 Å². The van der Waals surface area contributed by atoms with Gasteiger partial charge in [0.1, 0.15) is 5.60 Å². The van der Waals surface area contributed by atoms with Crippen molar-refractivity contribution in [3.63, 3.8) is 0 Å². The highest BCUT2D eigenvalue weighted by Crippen LogP contribution is 2.41. The average Bonchev–Trinajstić information content (AvgIpc) is 2.48. The van der Waals surface area contributed by atoms with Gasteiger partial charge in [0.25, 0.3) is 0 Å². The molecule has 2 rings (SSSR count). The highest BCUT2D eigenvalue weighted by atomic mass is 16.6. The lowest BCUT2D eigenvalue weighted by molar-refractivity contribution is -0.174. The molecule has 0 bridgehead atoms. The first-order valence-electron chi connectivity index (χ1n) is 7.06. The molecule has 0 heterocycles. The molecule has 1 N–H and O–H groups in total. The van der Waals surface area contributed by atoms with Gasteiger partial charge in [0.15, 0.2) is 5.92 Å². The second-order valence-corrected chi connectivity index (χ2v) is 5.40. The molecule has 1 aromatic carbocycles. The van der Waals surface area contributed by atoms with E-state index in [0.29, 0.717) is 0 Å². The maximum atomic E-state index is 12.0. The monoisotopic (exact) mass is 276 g/mol. The topological polar surface area (TPSA) is 63.6 Å². The third-order valence-electron chi connectivity index (χ3n) is 3.98. The summed E-state index contributed by atoms with van der Waals surface area (Å²) in [5.74, 6) is -2.92. The van der Waals surface area contributed by atoms with Crippen molar-refractivity contribution in [3.05, 3.63) is 35.9 Å². The molecular weight excluding hydrogens is 256 g/mol. The van der Waals surface area contributed by atoms with Crippen LogP contribution >= 0.6 is 0 Å². The molecule has 4 nitrogen and oxygen atoms in total. The van der Waals surface area contributed by atoms with Crippen LogP contribution < -0.4 is 0 Å². The number of carbonyl (C=O) groups is 2. The third kappa shape index (κ3) is 3.00. The van der Waals surface area contributed by atoms with Crippen LogP contribution in [0.3, 0.4) is 0 Å². The summed E-state index contributed by atoms with van der Waals surface area (Å²) in [5.41, 5.74) is 0.311. The normalized spacial score (nSPS) is 19.1. The van der Waals surface area contributed by atoms with Crippen molar-refractivity contribution in [1.82, 2.24) is 0 Å². The minimum Gasteiger partial charge on any atom is -0.481 e. The lowest BCUT2D eigenvalue weighted by Gasteiger charge is -2.37. The first kappa shape index (κ1) is 14.6. The molecule has 1 aliphatic carbocycles. The third-order valence-corrected chi connectivity index (χ3v) is 3.98. The van der Waals surface area contributed by atoms with Crippen molar-refractivity contribution >= 4 is 11.9 Å². The van der Waals surface area contributed by atoms with Crippen molar-refractivity contribution in [2.24, 2.45) is 5.92 Å². The number of carboxylic acid groups (broad SMARTS) is 1. The zero-order chi connectivity index (χ0) is 14.6. The summed E-state index contributed by atoms with van der Waals surface area (Å²) in [7, 11) is 0. The number of aliphatic carboxylic acids is 1. The van der Waals surface area contributed by atoms with Gasteiger partial charge in [-0.25, -0.2) is 0 Å². The van der Waals surface area contributed by atoms with Gasteiger partial charge >= 0.3 is 11.9 Å². The largest absolute Gasteiger partial charge is 0.481 e. The van der Waals surface area contributed by atoms with Gasteiger partial charge in [0, 0.05) is 0 Å². The Kier molecular flexibility index (Phi) is 4.42. The van der Waals surface area contributed by atoms with E-state index in [1.807, 2.05) is 30.3 Å². The summed E-state index contributed by atoms with van der Waals surface area (Å²) in [5, 5.41) is 8.94. The Balaban J connectivity index is 2.24. The maximum Gasteiger partial charge on any atom is 0.320 e. The van der Waals surface area contributed by atoms with E-state index in [1.54, 1.807) is 0 Å². The molecule has 20 heavy (non-hydrogen) atoms. The molecule has 1 aliphatic rings. The second kappa shape index (κ2) is 6.07. The van der Waals surface area contributed by atoms with Gasteiger partial charge in [0.05, 0.1) is 0 Å². The molecule has 0 amide bonds. The number of carboxylic acids is 1. The van der Waals surface area contributed by atoms with E-state index in [0.717, 1.165) is 37.7 Å². The quantitative estimate of drug-likeness (QED) is 0.678. The standard InChI is InChI=1S/C16H20O4/c1-12(14(17)18)15(19)20-16(10-6-3-7-11-16)13-8-4-2-5-9-13/h2,4-5,8-9,12H,3,6-7,10-11H2,1H3,(H,17,18). The molecule has 1 atom stereocenters. The van der Waals surface area contributed by atoms with Gasteiger partial charge < -0.3 is 9.84 Å². The van der Waals surface area contributed by atoms with Gasteiger partial charge in [-0.3, -0.25) is 9.59 Å². The smallest absolute Gasteiger partial charge is 0.320 e. The van der Waals surface area contributed by atoms with E-state index in [2.05, 4.69) is 0 Å². The van der Waals surface area contributed by atoms with Crippen LogP contribution in [-0.2, 0) is 19.9 Å². The maximum absolute atomic E-state index is 12.0. The summed E-state index contributed by atoms with van der Waals surface area (Å²) in [4.78, 5) is 23.0. The summed E-state index contributed by atoms with van der Waals surface area (Å²) < 4.78 is 5.67. The SMILES string of the molecule is CC(C(=O)O)C(=O)OC1(c2ccccc2)CCCCC1. The predicted octanol–water partition coefficient (Wildman–Crippen LogP) is 3.11. The van der Waals surface area contributed by atoms with Crippen molar-refractivity contribution in [2.45, 2.75) is 44.6 Å². The molecule has 0 spiro atoms. The van der Waals surface area contributed by atoms with E-state index in [4.69, 9.17) is 9.84 Å². The molecule has 0 aromatic heterocycles. The average molecular weight is 276 g/mol. The zero-order valence-electron chi connectivity index (χ0n) is 11.7. The molecule has 1 unspecified atom stereocenters. The summed E-state index contributed by atoms with van der Waals surface area (Å²) in [6, 6.07) is 9.65. The number of rotatable bonds is 4. The Morgan fingerprint density at radius 3 is 2.30 bits per heavy atom. The van der Waals surface area contributed by atoms with E-state index >= 15 is 0 Å². The Morgan fingerprint density at radius 2 is 1.75 bits per heavy atom. The molecular formula is C16H20O4. The number of carbonyl (C=O) groups excluding carboxylic acids is 1. The van der Waals surface area contributed by atoms with Crippen LogP contribution in [0.2, 0.25) is 0 Å². The number of esters is 1. The Hall–Kier alpha value is -1.84. The van der Waals surface area contributed by atoms with E-state index < -0.39 is 23.5 Å². The van der Waals surface area contributed by atoms with Crippen molar-refractivity contribution in [2.75, 3.05) is 0 Å². The Bertz CT molecular complexity index is 475. The van der Waals surface area contributed by atoms with E-state index in [-0.39, 0.29) is 0 Å². The van der Waals surface area contributed by atoms with Gasteiger partial charge in [-0.15, -0.1) is 0 Å². The van der Waals surface area contributed by atoms with Crippen LogP contribution in [0.25, 0.3) is 0 Å². The Morgan fingerprint density at radius 1 is 1.15 bits per heavy atom. The first-order chi connectivity index (χ1) is 9.55. The fourth-order valence-corrected chi connectivity index (χ4v) is 2.70. The lowest BCUT2D eigenvalue weighted by Crippen LogP contribution is -2.37. The molecule has 1 aromatic rings. The van der Waals surface area contributed by atoms with E-state index in [1.165, 1.54) is 6.92 Å². The highest BCUT2D eigenvalue weighted by Gasteiger charge is 2.39. The molecule has 1 saturated carbocycles. The molecule has 4 heteroatoms. The lowest BCUT2D eigenvalue weighted by atomic mass is 9.79. The van der Waals surface area contributed by atoms with Crippen LogP contribution in [0.15, 0.2) is 30.3 Å². The molecule has 1 fully saturated rings. The van der Waals surface area contributed by atoms with Gasteiger partial charge in [-0.2, -0.15) is 0 Å². The van der Waals surface area contributed by atoms with Gasteiger partial charge in [-0.05, 0) is 38.2 Å². The number of hydrogen-bond donors (Lipinski definition) is 1. The summed E-state index contributed by atoms with van der Waals surface area (Å²) in [6.07, 6.45) is 4.62. The molecule has 0 saturated heterocycles. The van der Waals surface area contributed by atoms with Gasteiger partial charge in [0.2, 0.25) is 0 Å². The molecule has 108 valence electrons. The van der Waals surface area contributed by atoms with Gasteiger partial charge in [-0.1, -0.05) is 36.8 Å².